The van der Waals surface area contributed by atoms with Crippen LogP contribution in [0.4, 0.5) is 0 Å². The van der Waals surface area contributed by atoms with Crippen LogP contribution in [0.15, 0.2) is 12.2 Å². The summed E-state index contributed by atoms with van der Waals surface area (Å²) >= 11 is 0. The fourth-order valence-corrected chi connectivity index (χ4v) is 2.98. The quantitative estimate of drug-likeness (QED) is 0.203. The van der Waals surface area contributed by atoms with Crippen LogP contribution in [0, 0.1) is 0 Å². The van der Waals surface area contributed by atoms with Crippen molar-refractivity contribution in [2.75, 3.05) is 26.2 Å². The maximum absolute atomic E-state index is 3.50. The second-order valence-corrected chi connectivity index (χ2v) is 7.04. The highest BCUT2D eigenvalue weighted by Crippen LogP contribution is 2.09. The van der Waals surface area contributed by atoms with E-state index in [9.17, 15) is 0 Å². The SMILES string of the molecule is CCCCCCCC/C=C\CCCCCCCCNCCNCC. The number of unbranched alkanes of at least 4 members (excludes halogenated alkanes) is 12. The molecule has 0 aliphatic carbocycles. The third kappa shape index (κ3) is 21.7. The third-order valence-electron chi connectivity index (χ3n) is 4.59. The molecule has 0 fully saturated rings. The molecule has 0 aromatic carbocycles. The van der Waals surface area contributed by atoms with E-state index in [0.717, 1.165) is 19.6 Å². The van der Waals surface area contributed by atoms with Gasteiger partial charge in [-0.2, -0.15) is 0 Å². The molecule has 0 aliphatic heterocycles. The van der Waals surface area contributed by atoms with Crippen LogP contribution in [-0.2, 0) is 0 Å². The molecule has 24 heavy (non-hydrogen) atoms. The zero-order chi connectivity index (χ0) is 17.6. The molecule has 2 N–H and O–H groups in total. The highest BCUT2D eigenvalue weighted by Gasteiger charge is 1.92. The molecule has 2 heteroatoms. The van der Waals surface area contributed by atoms with Gasteiger partial charge < -0.3 is 10.6 Å². The largest absolute Gasteiger partial charge is 0.316 e. The molecule has 0 radical (unpaired) electrons. The molecule has 0 saturated carbocycles. The van der Waals surface area contributed by atoms with Crippen LogP contribution in [-0.4, -0.2) is 26.2 Å². The highest BCUT2D eigenvalue weighted by molar-refractivity contribution is 4.81. The Kier molecular flexibility index (Phi) is 22.3. The van der Waals surface area contributed by atoms with E-state index in [1.165, 1.54) is 96.4 Å². The first-order valence-electron chi connectivity index (χ1n) is 11.0. The summed E-state index contributed by atoms with van der Waals surface area (Å²) in [5.74, 6) is 0. The van der Waals surface area contributed by atoms with E-state index < -0.39 is 0 Å². The van der Waals surface area contributed by atoms with Crippen molar-refractivity contribution in [1.29, 1.82) is 0 Å². The maximum Gasteiger partial charge on any atom is 0.00767 e. The smallest absolute Gasteiger partial charge is 0.00767 e. The first-order chi connectivity index (χ1) is 11.9. The number of allylic oxidation sites excluding steroid dienone is 2. The molecule has 0 rings (SSSR count). The van der Waals surface area contributed by atoms with Gasteiger partial charge in [0.1, 0.15) is 0 Å². The van der Waals surface area contributed by atoms with Gasteiger partial charge in [-0.25, -0.2) is 0 Å². The van der Waals surface area contributed by atoms with E-state index in [1.807, 2.05) is 0 Å². The van der Waals surface area contributed by atoms with Gasteiger partial charge in [0.15, 0.2) is 0 Å². The van der Waals surface area contributed by atoms with E-state index in [2.05, 4.69) is 36.6 Å². The molecule has 0 spiro atoms. The number of rotatable bonds is 20. The standard InChI is InChI=1S/C22H46N2/c1-3-5-6-7-8-9-10-11-12-13-14-15-16-17-18-19-20-24-22-21-23-4-2/h11-12,23-24H,3-10,13-22H2,1-2H3/b12-11-. The van der Waals surface area contributed by atoms with Crippen molar-refractivity contribution in [1.82, 2.24) is 10.6 Å². The van der Waals surface area contributed by atoms with Gasteiger partial charge in [-0.15, -0.1) is 0 Å². The van der Waals surface area contributed by atoms with Crippen LogP contribution < -0.4 is 10.6 Å². The summed E-state index contributed by atoms with van der Waals surface area (Å²) in [5, 5.41) is 6.84. The predicted molar refractivity (Wildman–Crippen MR) is 111 cm³/mol. The molecule has 144 valence electrons. The minimum Gasteiger partial charge on any atom is -0.316 e. The van der Waals surface area contributed by atoms with E-state index in [0.29, 0.717) is 0 Å². The summed E-state index contributed by atoms with van der Waals surface area (Å²) in [6, 6.07) is 0. The molecule has 0 bridgehead atoms. The summed E-state index contributed by atoms with van der Waals surface area (Å²) in [7, 11) is 0. The van der Waals surface area contributed by atoms with Crippen molar-refractivity contribution in [3.8, 4) is 0 Å². The fourth-order valence-electron chi connectivity index (χ4n) is 2.98. The van der Waals surface area contributed by atoms with Crippen LogP contribution >= 0.6 is 0 Å². The van der Waals surface area contributed by atoms with E-state index in [4.69, 9.17) is 0 Å². The minimum atomic E-state index is 1.08. The van der Waals surface area contributed by atoms with Crippen LogP contribution in [0.5, 0.6) is 0 Å². The minimum absolute atomic E-state index is 1.08. The van der Waals surface area contributed by atoms with E-state index in [1.54, 1.807) is 0 Å². The Labute approximate surface area is 153 Å². The lowest BCUT2D eigenvalue weighted by Crippen LogP contribution is -2.27. The van der Waals surface area contributed by atoms with Crippen molar-refractivity contribution in [3.63, 3.8) is 0 Å². The average molecular weight is 339 g/mol. The molecule has 0 saturated heterocycles. The van der Waals surface area contributed by atoms with Crippen LogP contribution in [0.2, 0.25) is 0 Å². The van der Waals surface area contributed by atoms with Gasteiger partial charge in [0, 0.05) is 13.1 Å². The van der Waals surface area contributed by atoms with Crippen molar-refractivity contribution >= 4 is 0 Å². The third-order valence-corrected chi connectivity index (χ3v) is 4.59. The molecule has 0 heterocycles. The normalized spacial score (nSPS) is 11.6. The van der Waals surface area contributed by atoms with Crippen molar-refractivity contribution in [2.45, 2.75) is 104 Å². The Morgan fingerprint density at radius 2 is 1.00 bits per heavy atom. The van der Waals surface area contributed by atoms with Crippen LogP contribution in [0.3, 0.4) is 0 Å². The average Bonchev–Trinajstić information content (AvgIpc) is 2.60. The van der Waals surface area contributed by atoms with Gasteiger partial charge in [0.25, 0.3) is 0 Å². The lowest BCUT2D eigenvalue weighted by molar-refractivity contribution is 0.557. The molecule has 0 aliphatic rings. The molecule has 0 aromatic rings. The summed E-state index contributed by atoms with van der Waals surface area (Å²) in [4.78, 5) is 0. The first kappa shape index (κ1) is 23.7. The van der Waals surface area contributed by atoms with Crippen LogP contribution in [0.25, 0.3) is 0 Å². The predicted octanol–water partition coefficient (Wildman–Crippen LogP) is 6.22. The fraction of sp³-hybridized carbons (Fsp3) is 0.909. The Morgan fingerprint density at radius 1 is 0.500 bits per heavy atom. The Bertz CT molecular complexity index is 238. The summed E-state index contributed by atoms with van der Waals surface area (Å²) in [5.41, 5.74) is 0. The zero-order valence-corrected chi connectivity index (χ0v) is 16.9. The van der Waals surface area contributed by atoms with E-state index in [-0.39, 0.29) is 0 Å². The highest BCUT2D eigenvalue weighted by atomic mass is 14.9. The monoisotopic (exact) mass is 338 g/mol. The second kappa shape index (κ2) is 22.7. The molecular weight excluding hydrogens is 292 g/mol. The molecule has 0 amide bonds. The van der Waals surface area contributed by atoms with Crippen molar-refractivity contribution < 1.29 is 0 Å². The Morgan fingerprint density at radius 3 is 1.58 bits per heavy atom. The van der Waals surface area contributed by atoms with Gasteiger partial charge in [-0.1, -0.05) is 83.8 Å². The maximum atomic E-state index is 3.50. The van der Waals surface area contributed by atoms with Gasteiger partial charge in [-0.3, -0.25) is 0 Å². The van der Waals surface area contributed by atoms with E-state index >= 15 is 0 Å². The topological polar surface area (TPSA) is 24.1 Å². The Balaban J connectivity index is 3.03. The van der Waals surface area contributed by atoms with Gasteiger partial charge in [0.05, 0.1) is 0 Å². The zero-order valence-electron chi connectivity index (χ0n) is 16.9. The van der Waals surface area contributed by atoms with Crippen molar-refractivity contribution in [2.24, 2.45) is 0 Å². The first-order valence-corrected chi connectivity index (χ1v) is 11.0. The molecular formula is C22H46N2. The van der Waals surface area contributed by atoms with Crippen LogP contribution in [0.1, 0.15) is 104 Å². The molecule has 0 unspecified atom stereocenters. The van der Waals surface area contributed by atoms with Gasteiger partial charge >= 0.3 is 0 Å². The Hall–Kier alpha value is -0.340. The van der Waals surface area contributed by atoms with Gasteiger partial charge in [0.2, 0.25) is 0 Å². The molecule has 0 aromatic heterocycles. The summed E-state index contributed by atoms with van der Waals surface area (Å²) < 4.78 is 0. The van der Waals surface area contributed by atoms with Crippen molar-refractivity contribution in [3.05, 3.63) is 12.2 Å². The lowest BCUT2D eigenvalue weighted by atomic mass is 10.1. The molecule has 0 atom stereocenters. The summed E-state index contributed by atoms with van der Waals surface area (Å²) in [6.07, 6.45) is 24.2. The number of likely N-dealkylation sites (N-methyl/N-ethyl adjacent to an activating group) is 1. The molecule has 2 nitrogen and oxygen atoms in total. The summed E-state index contributed by atoms with van der Waals surface area (Å²) in [6.45, 7) is 8.92. The number of nitrogens with one attached hydrogen (secondary N) is 2. The second-order valence-electron chi connectivity index (χ2n) is 7.04. The number of hydrogen-bond acceptors (Lipinski definition) is 2. The number of hydrogen-bond donors (Lipinski definition) is 2. The van der Waals surface area contributed by atoms with Gasteiger partial charge in [-0.05, 0) is 45.2 Å². The lowest BCUT2D eigenvalue weighted by Gasteiger charge is -2.05.